The summed E-state index contributed by atoms with van der Waals surface area (Å²) >= 11 is 0. The number of unbranched alkanes of at least 4 members (excludes halogenated alkanes) is 7. The number of hydrogen-bond donors (Lipinski definition) is 3. The molecule has 0 bridgehead atoms. The van der Waals surface area contributed by atoms with Crippen molar-refractivity contribution in [3.8, 4) is 0 Å². The molecule has 0 saturated carbocycles. The molecule has 4 N–H and O–H groups in total. The fourth-order valence-electron chi connectivity index (χ4n) is 5.18. The van der Waals surface area contributed by atoms with E-state index in [0.717, 1.165) is 83.5 Å². The van der Waals surface area contributed by atoms with Crippen molar-refractivity contribution in [2.24, 2.45) is 5.73 Å². The molecule has 0 aliphatic rings. The third-order valence-corrected chi connectivity index (χ3v) is 8.05. The van der Waals surface area contributed by atoms with Gasteiger partial charge in [-0.2, -0.15) is 0 Å². The Bertz CT molecular complexity index is 995. The molecule has 0 heterocycles. The van der Waals surface area contributed by atoms with Crippen LogP contribution in [0.1, 0.15) is 155 Å². The first kappa shape index (κ1) is 45.8. The van der Waals surface area contributed by atoms with Crippen molar-refractivity contribution in [1.29, 1.82) is 0 Å². The number of rotatable bonds is 33. The van der Waals surface area contributed by atoms with E-state index in [-0.39, 0.29) is 18.0 Å². The number of ether oxygens (including phenoxy) is 1. The molecule has 0 radical (unpaired) electrons. The number of nitrogens with one attached hydrogen (secondary N) is 1. The topological polar surface area (TPSA) is 119 Å². The molecule has 0 spiro atoms. The minimum absolute atomic E-state index is 0.0541. The second-order valence-electron chi connectivity index (χ2n) is 12.6. The molecule has 7 heteroatoms. The summed E-state index contributed by atoms with van der Waals surface area (Å²) in [6, 6.07) is -0.872. The SMILES string of the molecule is CC/C=C\C/C=C\C/C=C\C/C=C\C/C=C\C/C=C\CCC(=O)OC(CCCCCCC)CCCCCCC(=O)NC(CCCN)C(=O)O. The minimum Gasteiger partial charge on any atom is -0.480 e. The van der Waals surface area contributed by atoms with E-state index in [4.69, 9.17) is 10.5 Å². The maximum atomic E-state index is 12.6. The quantitative estimate of drug-likeness (QED) is 0.0360. The second kappa shape index (κ2) is 36.1. The smallest absolute Gasteiger partial charge is 0.326 e. The van der Waals surface area contributed by atoms with Gasteiger partial charge in [-0.3, -0.25) is 9.59 Å². The van der Waals surface area contributed by atoms with E-state index in [1.54, 1.807) is 0 Å². The van der Waals surface area contributed by atoms with Crippen molar-refractivity contribution in [1.82, 2.24) is 5.32 Å². The van der Waals surface area contributed by atoms with Crippen molar-refractivity contribution in [3.63, 3.8) is 0 Å². The number of hydrogen-bond acceptors (Lipinski definition) is 5. The van der Waals surface area contributed by atoms with E-state index in [0.29, 0.717) is 45.1 Å². The van der Waals surface area contributed by atoms with Gasteiger partial charge < -0.3 is 20.9 Å². The van der Waals surface area contributed by atoms with Crippen molar-refractivity contribution in [3.05, 3.63) is 72.9 Å². The summed E-state index contributed by atoms with van der Waals surface area (Å²) in [4.78, 5) is 36.1. The van der Waals surface area contributed by atoms with Crippen LogP contribution >= 0.6 is 0 Å². The van der Waals surface area contributed by atoms with Gasteiger partial charge in [0, 0.05) is 12.8 Å². The molecule has 0 fully saturated rings. The van der Waals surface area contributed by atoms with Crippen LogP contribution in [0.2, 0.25) is 0 Å². The number of carboxylic acids is 1. The standard InChI is InChI=1S/C42H70N2O5/c1-3-5-7-9-10-11-12-13-14-15-16-17-18-19-20-21-22-24-30-36-41(46)49-38(32-27-23-8-6-4-2)33-28-25-26-29-35-40(45)44-39(42(47)48)34-31-37-43/h5,7,10-11,13-14,16-17,19-20,22,24,38-39H,3-4,6,8-9,12,15,18,21,23,25-37,43H2,1-2H3,(H,44,45)(H,47,48)/b7-5-,11-10-,14-13-,17-16-,20-19-,24-22-. The fourth-order valence-corrected chi connectivity index (χ4v) is 5.18. The van der Waals surface area contributed by atoms with Crippen LogP contribution in [0.4, 0.5) is 0 Å². The first-order valence-corrected chi connectivity index (χ1v) is 19.3. The van der Waals surface area contributed by atoms with E-state index in [1.807, 2.05) is 0 Å². The van der Waals surface area contributed by atoms with Crippen molar-refractivity contribution >= 4 is 17.8 Å². The van der Waals surface area contributed by atoms with E-state index in [9.17, 15) is 19.5 Å². The van der Waals surface area contributed by atoms with E-state index < -0.39 is 12.0 Å². The number of allylic oxidation sites excluding steroid dienone is 12. The van der Waals surface area contributed by atoms with Crippen LogP contribution in [0.25, 0.3) is 0 Å². The summed E-state index contributed by atoms with van der Waals surface area (Å²) < 4.78 is 5.90. The van der Waals surface area contributed by atoms with Gasteiger partial charge in [0.25, 0.3) is 0 Å². The van der Waals surface area contributed by atoms with Gasteiger partial charge in [-0.15, -0.1) is 0 Å². The van der Waals surface area contributed by atoms with E-state index in [1.165, 1.54) is 19.3 Å². The zero-order chi connectivity index (χ0) is 36.0. The molecule has 0 aliphatic carbocycles. The zero-order valence-electron chi connectivity index (χ0n) is 31.0. The van der Waals surface area contributed by atoms with Gasteiger partial charge in [0.1, 0.15) is 12.1 Å². The van der Waals surface area contributed by atoms with Gasteiger partial charge in [-0.05, 0) is 96.4 Å². The lowest BCUT2D eigenvalue weighted by atomic mass is 10.0. The molecule has 2 atom stereocenters. The first-order valence-electron chi connectivity index (χ1n) is 19.3. The first-order chi connectivity index (χ1) is 23.9. The summed E-state index contributed by atoms with van der Waals surface area (Å²) in [6.07, 6.45) is 45.3. The third-order valence-electron chi connectivity index (χ3n) is 8.05. The molecule has 0 aromatic heterocycles. The number of aliphatic carboxylic acids is 1. The Morgan fingerprint density at radius 3 is 1.59 bits per heavy atom. The number of amides is 1. The van der Waals surface area contributed by atoms with Crippen LogP contribution in [0, 0.1) is 0 Å². The summed E-state index contributed by atoms with van der Waals surface area (Å²) in [7, 11) is 0. The lowest BCUT2D eigenvalue weighted by Crippen LogP contribution is -2.40. The Hall–Kier alpha value is -3.19. The predicted octanol–water partition coefficient (Wildman–Crippen LogP) is 10.4. The third kappa shape index (κ3) is 33.1. The van der Waals surface area contributed by atoms with Crippen molar-refractivity contribution in [2.75, 3.05) is 6.54 Å². The summed E-state index contributed by atoms with van der Waals surface area (Å²) in [6.45, 7) is 4.76. The van der Waals surface area contributed by atoms with Crippen LogP contribution in [-0.2, 0) is 19.1 Å². The molecule has 0 saturated heterocycles. The molecular formula is C42H70N2O5. The maximum Gasteiger partial charge on any atom is 0.326 e. The average Bonchev–Trinajstić information content (AvgIpc) is 3.08. The number of carboxylic acid groups (broad SMARTS) is 1. The molecule has 278 valence electrons. The van der Waals surface area contributed by atoms with Crippen LogP contribution in [0.3, 0.4) is 0 Å². The average molecular weight is 683 g/mol. The fraction of sp³-hybridized carbons (Fsp3) is 0.643. The van der Waals surface area contributed by atoms with Crippen LogP contribution < -0.4 is 11.1 Å². The van der Waals surface area contributed by atoms with Gasteiger partial charge in [0.2, 0.25) is 5.91 Å². The largest absolute Gasteiger partial charge is 0.480 e. The number of carbonyl (C=O) groups excluding carboxylic acids is 2. The molecule has 0 aromatic rings. The summed E-state index contributed by atoms with van der Waals surface area (Å²) in [5.74, 6) is -1.37. The molecule has 0 aromatic carbocycles. The molecule has 1 amide bonds. The molecule has 0 rings (SSSR count). The molecule has 49 heavy (non-hydrogen) atoms. The number of esters is 1. The molecule has 0 aliphatic heterocycles. The maximum absolute atomic E-state index is 12.6. The second-order valence-corrected chi connectivity index (χ2v) is 12.6. The van der Waals surface area contributed by atoms with Gasteiger partial charge in [-0.1, -0.05) is 125 Å². The Labute approximate surface area is 299 Å². The van der Waals surface area contributed by atoms with Gasteiger partial charge in [-0.25, -0.2) is 4.79 Å². The number of carbonyl (C=O) groups is 3. The number of nitrogens with two attached hydrogens (primary N) is 1. The van der Waals surface area contributed by atoms with Crippen molar-refractivity contribution in [2.45, 2.75) is 167 Å². The lowest BCUT2D eigenvalue weighted by molar-refractivity contribution is -0.149. The Morgan fingerprint density at radius 1 is 0.612 bits per heavy atom. The Kier molecular flexibility index (Phi) is 33.7. The zero-order valence-corrected chi connectivity index (χ0v) is 31.0. The molecular weight excluding hydrogens is 612 g/mol. The van der Waals surface area contributed by atoms with Crippen LogP contribution in [0.5, 0.6) is 0 Å². The Balaban J connectivity index is 4.26. The van der Waals surface area contributed by atoms with E-state index in [2.05, 4.69) is 92.1 Å². The molecule has 7 nitrogen and oxygen atoms in total. The van der Waals surface area contributed by atoms with E-state index >= 15 is 0 Å². The highest BCUT2D eigenvalue weighted by molar-refractivity contribution is 5.83. The highest BCUT2D eigenvalue weighted by atomic mass is 16.5. The highest BCUT2D eigenvalue weighted by Crippen LogP contribution is 2.17. The van der Waals surface area contributed by atoms with Crippen LogP contribution in [-0.4, -0.2) is 41.6 Å². The lowest BCUT2D eigenvalue weighted by Gasteiger charge is -2.18. The normalized spacial score (nSPS) is 13.5. The molecule has 2 unspecified atom stereocenters. The van der Waals surface area contributed by atoms with Gasteiger partial charge >= 0.3 is 11.9 Å². The predicted molar refractivity (Wildman–Crippen MR) is 206 cm³/mol. The minimum atomic E-state index is -1.02. The summed E-state index contributed by atoms with van der Waals surface area (Å²) in [5.41, 5.74) is 5.46. The van der Waals surface area contributed by atoms with Crippen molar-refractivity contribution < 1.29 is 24.2 Å². The monoisotopic (exact) mass is 683 g/mol. The van der Waals surface area contributed by atoms with Crippen LogP contribution in [0.15, 0.2) is 72.9 Å². The summed E-state index contributed by atoms with van der Waals surface area (Å²) in [5, 5.41) is 11.9. The Morgan fingerprint density at radius 2 is 1.10 bits per heavy atom. The van der Waals surface area contributed by atoms with Gasteiger partial charge in [0.05, 0.1) is 0 Å². The van der Waals surface area contributed by atoms with Gasteiger partial charge in [0.15, 0.2) is 0 Å². The highest BCUT2D eigenvalue weighted by Gasteiger charge is 2.19.